The van der Waals surface area contributed by atoms with Gasteiger partial charge in [0.2, 0.25) is 0 Å². The van der Waals surface area contributed by atoms with Crippen LogP contribution < -0.4 is 5.32 Å². The molecule has 1 N–H and O–H groups in total. The second-order valence-corrected chi connectivity index (χ2v) is 5.71. The number of rotatable bonds is 3. The van der Waals surface area contributed by atoms with Gasteiger partial charge in [0.15, 0.2) is 0 Å². The molecule has 0 saturated carbocycles. The summed E-state index contributed by atoms with van der Waals surface area (Å²) in [5, 5.41) is 4.61. The third-order valence-electron chi connectivity index (χ3n) is 2.90. The Hall–Kier alpha value is -1.35. The number of anilines is 1. The molecule has 0 amide bonds. The van der Waals surface area contributed by atoms with Crippen LogP contribution in [0.1, 0.15) is 26.7 Å². The highest BCUT2D eigenvalue weighted by molar-refractivity contribution is 7.11. The van der Waals surface area contributed by atoms with E-state index in [1.54, 1.807) is 11.3 Å². The van der Waals surface area contributed by atoms with Gasteiger partial charge in [0, 0.05) is 10.6 Å². The van der Waals surface area contributed by atoms with Crippen molar-refractivity contribution in [2.24, 2.45) is 0 Å². The average molecular weight is 246 g/mol. The second-order valence-electron chi connectivity index (χ2n) is 4.42. The predicted molar refractivity (Wildman–Crippen MR) is 74.8 cm³/mol. The third-order valence-corrected chi connectivity index (χ3v) is 3.97. The minimum Gasteiger partial charge on any atom is -0.378 e. The van der Waals surface area contributed by atoms with Crippen molar-refractivity contribution in [1.29, 1.82) is 0 Å². The molecule has 3 heteroatoms. The van der Waals surface area contributed by atoms with Gasteiger partial charge in [-0.1, -0.05) is 12.1 Å². The quantitative estimate of drug-likeness (QED) is 0.885. The molecule has 0 saturated heterocycles. The molecule has 1 heterocycles. The number of aryl methyl sites for hydroxylation is 4. The van der Waals surface area contributed by atoms with Gasteiger partial charge in [-0.3, -0.25) is 0 Å². The Morgan fingerprint density at radius 3 is 2.59 bits per heavy atom. The van der Waals surface area contributed by atoms with Gasteiger partial charge < -0.3 is 5.32 Å². The number of nitrogens with one attached hydrogen (secondary N) is 1. The van der Waals surface area contributed by atoms with Gasteiger partial charge in [-0.05, 0) is 44.9 Å². The first kappa shape index (κ1) is 12.1. The number of hydrogen-bond donors (Lipinski definition) is 1. The van der Waals surface area contributed by atoms with Gasteiger partial charge in [-0.15, -0.1) is 11.3 Å². The Balaban J connectivity index is 2.09. The van der Waals surface area contributed by atoms with E-state index in [-0.39, 0.29) is 0 Å². The van der Waals surface area contributed by atoms with E-state index in [4.69, 9.17) is 0 Å². The van der Waals surface area contributed by atoms with Crippen LogP contribution in [0.4, 0.5) is 5.69 Å². The standard InChI is InChI=1S/C14H18N2S/c1-9-5-6-10(2)13(7-9)15-8-14-16-11(3)12(4)17-14/h5-7,15H,8H2,1-4H3. The highest BCUT2D eigenvalue weighted by Crippen LogP contribution is 2.20. The van der Waals surface area contributed by atoms with E-state index in [1.807, 2.05) is 0 Å². The first-order valence-electron chi connectivity index (χ1n) is 5.80. The lowest BCUT2D eigenvalue weighted by Crippen LogP contribution is -2.01. The molecule has 0 aliphatic heterocycles. The van der Waals surface area contributed by atoms with E-state index in [0.29, 0.717) is 0 Å². The summed E-state index contributed by atoms with van der Waals surface area (Å²) in [6.07, 6.45) is 0. The Bertz CT molecular complexity index is 510. The van der Waals surface area contributed by atoms with E-state index in [2.05, 4.69) is 56.2 Å². The zero-order valence-electron chi connectivity index (χ0n) is 10.8. The number of aromatic nitrogens is 1. The van der Waals surface area contributed by atoms with Gasteiger partial charge in [-0.25, -0.2) is 4.98 Å². The van der Waals surface area contributed by atoms with Crippen molar-refractivity contribution in [3.05, 3.63) is 44.9 Å². The van der Waals surface area contributed by atoms with Gasteiger partial charge >= 0.3 is 0 Å². The number of thiazole rings is 1. The van der Waals surface area contributed by atoms with Crippen LogP contribution in [0.25, 0.3) is 0 Å². The predicted octanol–water partition coefficient (Wildman–Crippen LogP) is 3.99. The zero-order valence-corrected chi connectivity index (χ0v) is 11.6. The average Bonchev–Trinajstić information content (AvgIpc) is 2.60. The molecule has 0 radical (unpaired) electrons. The van der Waals surface area contributed by atoms with Gasteiger partial charge in [0.25, 0.3) is 0 Å². The lowest BCUT2D eigenvalue weighted by molar-refractivity contribution is 1.07. The summed E-state index contributed by atoms with van der Waals surface area (Å²) >= 11 is 1.77. The summed E-state index contributed by atoms with van der Waals surface area (Å²) in [6.45, 7) is 9.23. The highest BCUT2D eigenvalue weighted by Gasteiger charge is 2.04. The van der Waals surface area contributed by atoms with Crippen molar-refractivity contribution in [3.63, 3.8) is 0 Å². The minimum absolute atomic E-state index is 0.809. The fourth-order valence-corrected chi connectivity index (χ4v) is 2.59. The van der Waals surface area contributed by atoms with E-state index < -0.39 is 0 Å². The van der Waals surface area contributed by atoms with E-state index >= 15 is 0 Å². The molecule has 2 nitrogen and oxygen atoms in total. The van der Waals surface area contributed by atoms with Crippen molar-refractivity contribution in [2.45, 2.75) is 34.2 Å². The van der Waals surface area contributed by atoms with Crippen molar-refractivity contribution in [2.75, 3.05) is 5.32 Å². The van der Waals surface area contributed by atoms with Crippen LogP contribution in [0.3, 0.4) is 0 Å². The molecular formula is C14H18N2S. The van der Waals surface area contributed by atoms with Crippen LogP contribution in [-0.4, -0.2) is 4.98 Å². The lowest BCUT2D eigenvalue weighted by Gasteiger charge is -2.08. The third kappa shape index (κ3) is 2.86. The van der Waals surface area contributed by atoms with E-state index in [0.717, 1.165) is 17.2 Å². The van der Waals surface area contributed by atoms with Crippen molar-refractivity contribution >= 4 is 17.0 Å². The van der Waals surface area contributed by atoms with Crippen LogP contribution in [0.5, 0.6) is 0 Å². The van der Waals surface area contributed by atoms with Crippen LogP contribution in [0.2, 0.25) is 0 Å². The smallest absolute Gasteiger partial charge is 0.112 e. The number of nitrogens with zero attached hydrogens (tertiary/aromatic N) is 1. The molecule has 2 aromatic rings. The van der Waals surface area contributed by atoms with Crippen LogP contribution in [0, 0.1) is 27.7 Å². The second kappa shape index (κ2) is 4.88. The molecule has 0 aliphatic rings. The topological polar surface area (TPSA) is 24.9 Å². The number of hydrogen-bond acceptors (Lipinski definition) is 3. The molecule has 1 aromatic heterocycles. The van der Waals surface area contributed by atoms with Crippen LogP contribution in [-0.2, 0) is 6.54 Å². The van der Waals surface area contributed by atoms with Crippen LogP contribution >= 0.6 is 11.3 Å². The van der Waals surface area contributed by atoms with Crippen molar-refractivity contribution < 1.29 is 0 Å². The fraction of sp³-hybridized carbons (Fsp3) is 0.357. The maximum absolute atomic E-state index is 4.53. The maximum Gasteiger partial charge on any atom is 0.112 e. The summed E-state index contributed by atoms with van der Waals surface area (Å²) in [4.78, 5) is 5.84. The van der Waals surface area contributed by atoms with Gasteiger partial charge in [-0.2, -0.15) is 0 Å². The summed E-state index contributed by atoms with van der Waals surface area (Å²) in [6, 6.07) is 6.47. The molecule has 0 unspecified atom stereocenters. The first-order chi connectivity index (χ1) is 8.06. The summed E-state index contributed by atoms with van der Waals surface area (Å²) in [5.41, 5.74) is 4.91. The minimum atomic E-state index is 0.809. The number of benzene rings is 1. The lowest BCUT2D eigenvalue weighted by atomic mass is 10.1. The fourth-order valence-electron chi connectivity index (χ4n) is 1.71. The SMILES string of the molecule is Cc1ccc(C)c(NCc2nc(C)c(C)s2)c1. The maximum atomic E-state index is 4.53. The normalized spacial score (nSPS) is 10.6. The Labute approximate surface area is 107 Å². The molecule has 17 heavy (non-hydrogen) atoms. The summed E-state index contributed by atoms with van der Waals surface area (Å²) in [5.74, 6) is 0. The molecule has 2 rings (SSSR count). The molecule has 0 fully saturated rings. The molecule has 1 aromatic carbocycles. The van der Waals surface area contributed by atoms with E-state index in [9.17, 15) is 0 Å². The Morgan fingerprint density at radius 1 is 1.18 bits per heavy atom. The van der Waals surface area contributed by atoms with Gasteiger partial charge in [0.1, 0.15) is 5.01 Å². The first-order valence-corrected chi connectivity index (χ1v) is 6.62. The highest BCUT2D eigenvalue weighted by atomic mass is 32.1. The molecule has 0 spiro atoms. The summed E-state index contributed by atoms with van der Waals surface area (Å²) in [7, 11) is 0. The molecule has 90 valence electrons. The molecule has 0 bridgehead atoms. The molecule has 0 aliphatic carbocycles. The van der Waals surface area contributed by atoms with Gasteiger partial charge in [0.05, 0.1) is 12.2 Å². The Kier molecular flexibility index (Phi) is 3.48. The largest absolute Gasteiger partial charge is 0.378 e. The van der Waals surface area contributed by atoms with Crippen molar-refractivity contribution in [3.8, 4) is 0 Å². The zero-order chi connectivity index (χ0) is 12.4. The molecule has 0 atom stereocenters. The van der Waals surface area contributed by atoms with Crippen molar-refractivity contribution in [1.82, 2.24) is 4.98 Å². The molecular weight excluding hydrogens is 228 g/mol. The monoisotopic (exact) mass is 246 g/mol. The summed E-state index contributed by atoms with van der Waals surface area (Å²) < 4.78 is 0. The van der Waals surface area contributed by atoms with E-state index in [1.165, 1.54) is 21.7 Å². The van der Waals surface area contributed by atoms with Crippen LogP contribution in [0.15, 0.2) is 18.2 Å². The Morgan fingerprint density at radius 2 is 1.94 bits per heavy atom.